The van der Waals surface area contributed by atoms with Gasteiger partial charge in [0.05, 0.1) is 17.7 Å². The van der Waals surface area contributed by atoms with Gasteiger partial charge in [0.2, 0.25) is 4.77 Å². The van der Waals surface area contributed by atoms with Gasteiger partial charge >= 0.3 is 5.69 Å². The van der Waals surface area contributed by atoms with Gasteiger partial charge in [-0.05, 0) is 31.3 Å². The highest BCUT2D eigenvalue weighted by Gasteiger charge is 2.15. The van der Waals surface area contributed by atoms with Crippen molar-refractivity contribution in [1.82, 2.24) is 14.9 Å². The van der Waals surface area contributed by atoms with E-state index in [9.17, 15) is 14.9 Å². The van der Waals surface area contributed by atoms with Crippen molar-refractivity contribution in [2.45, 2.75) is 6.92 Å². The fourth-order valence-electron chi connectivity index (χ4n) is 1.61. The van der Waals surface area contributed by atoms with Gasteiger partial charge in [-0.25, -0.2) is 0 Å². The van der Waals surface area contributed by atoms with Gasteiger partial charge in [-0.15, -0.1) is 0 Å². The molecule has 2 rings (SSSR count). The normalized spacial score (nSPS) is 10.8. The second-order valence-corrected chi connectivity index (χ2v) is 4.37. The number of H-pyrrole nitrogens is 1. The van der Waals surface area contributed by atoms with Gasteiger partial charge in [0.15, 0.2) is 5.75 Å². The van der Waals surface area contributed by atoms with E-state index in [1.165, 1.54) is 18.3 Å². The maximum absolute atomic E-state index is 11.5. The van der Waals surface area contributed by atoms with E-state index in [0.717, 1.165) is 10.9 Å². The van der Waals surface area contributed by atoms with E-state index < -0.39 is 10.5 Å². The van der Waals surface area contributed by atoms with E-state index in [2.05, 4.69) is 15.3 Å². The summed E-state index contributed by atoms with van der Waals surface area (Å²) in [7, 11) is 0. The molecule has 0 saturated carbocycles. The van der Waals surface area contributed by atoms with E-state index in [-0.39, 0.29) is 16.2 Å². The number of ether oxygens (including phenoxy) is 1. The Bertz CT molecular complexity index is 814. The molecule has 0 aliphatic heterocycles. The quantitative estimate of drug-likeness (QED) is 0.386. The molecule has 1 heterocycles. The van der Waals surface area contributed by atoms with Crippen LogP contribution in [-0.4, -0.2) is 32.6 Å². The summed E-state index contributed by atoms with van der Waals surface area (Å²) in [4.78, 5) is 22.0. The maximum Gasteiger partial charge on any atom is 0.311 e. The average molecular weight is 321 g/mol. The van der Waals surface area contributed by atoms with Gasteiger partial charge in [-0.1, -0.05) is 0 Å². The molecule has 0 atom stereocenters. The van der Waals surface area contributed by atoms with Crippen molar-refractivity contribution in [3.63, 3.8) is 0 Å². The zero-order valence-electron chi connectivity index (χ0n) is 11.4. The van der Waals surface area contributed by atoms with Crippen LogP contribution in [-0.2, 0) is 0 Å². The Hall–Kier alpha value is -2.88. The van der Waals surface area contributed by atoms with Crippen LogP contribution in [0.1, 0.15) is 12.5 Å². The molecule has 1 aromatic carbocycles. The SMILES string of the molecule is CCOc1ccc(/C=N\n2c(=O)cn[nH]c2=S)cc1[N+](=O)[O-]. The molecule has 1 N–H and O–H groups in total. The van der Waals surface area contributed by atoms with E-state index in [0.29, 0.717) is 12.2 Å². The van der Waals surface area contributed by atoms with Crippen LogP contribution in [0.15, 0.2) is 34.3 Å². The lowest BCUT2D eigenvalue weighted by Crippen LogP contribution is -2.18. The topological polar surface area (TPSA) is 115 Å². The van der Waals surface area contributed by atoms with Gasteiger partial charge in [0, 0.05) is 11.6 Å². The molecule has 0 aliphatic rings. The molecule has 10 heteroatoms. The van der Waals surface area contributed by atoms with E-state index in [1.807, 2.05) is 0 Å². The van der Waals surface area contributed by atoms with Crippen LogP contribution >= 0.6 is 12.2 Å². The van der Waals surface area contributed by atoms with E-state index in [1.54, 1.807) is 13.0 Å². The Morgan fingerprint density at radius 3 is 3.00 bits per heavy atom. The number of benzene rings is 1. The van der Waals surface area contributed by atoms with Gasteiger partial charge < -0.3 is 4.74 Å². The predicted octanol–water partition coefficient (Wildman–Crippen LogP) is 1.49. The lowest BCUT2D eigenvalue weighted by molar-refractivity contribution is -0.385. The zero-order valence-corrected chi connectivity index (χ0v) is 12.2. The molecule has 0 aliphatic carbocycles. The first-order valence-corrected chi connectivity index (χ1v) is 6.56. The molecule has 22 heavy (non-hydrogen) atoms. The van der Waals surface area contributed by atoms with Crippen LogP contribution < -0.4 is 10.3 Å². The number of nitro groups is 1. The van der Waals surface area contributed by atoms with Gasteiger partial charge in [0.25, 0.3) is 5.56 Å². The smallest absolute Gasteiger partial charge is 0.311 e. The zero-order chi connectivity index (χ0) is 16.1. The molecule has 0 fully saturated rings. The lowest BCUT2D eigenvalue weighted by atomic mass is 10.2. The van der Waals surface area contributed by atoms with Crippen molar-refractivity contribution >= 4 is 24.1 Å². The number of aromatic nitrogens is 3. The largest absolute Gasteiger partial charge is 0.487 e. The molecular formula is C12H11N5O4S. The van der Waals surface area contributed by atoms with Crippen molar-refractivity contribution in [3.8, 4) is 5.75 Å². The first kappa shape index (κ1) is 15.5. The second-order valence-electron chi connectivity index (χ2n) is 3.99. The van der Waals surface area contributed by atoms with Crippen LogP contribution in [0.4, 0.5) is 5.69 Å². The molecule has 0 amide bonds. The first-order chi connectivity index (χ1) is 10.5. The number of nitrogens with one attached hydrogen (secondary N) is 1. The number of rotatable bonds is 5. The van der Waals surface area contributed by atoms with Crippen molar-refractivity contribution in [2.75, 3.05) is 6.61 Å². The molecular weight excluding hydrogens is 310 g/mol. The lowest BCUT2D eigenvalue weighted by Gasteiger charge is -2.04. The summed E-state index contributed by atoms with van der Waals surface area (Å²) in [6.07, 6.45) is 2.31. The monoisotopic (exact) mass is 321 g/mol. The number of hydrogen-bond donors (Lipinski definition) is 1. The van der Waals surface area contributed by atoms with Gasteiger partial charge in [0.1, 0.15) is 6.20 Å². The molecule has 0 unspecified atom stereocenters. The van der Waals surface area contributed by atoms with Gasteiger partial charge in [-0.2, -0.15) is 14.9 Å². The number of hydrogen-bond acceptors (Lipinski definition) is 7. The third-order valence-corrected chi connectivity index (χ3v) is 2.80. The Morgan fingerprint density at radius 1 is 1.59 bits per heavy atom. The highest BCUT2D eigenvalue weighted by molar-refractivity contribution is 7.71. The summed E-state index contributed by atoms with van der Waals surface area (Å²) in [5.74, 6) is 0.169. The molecule has 114 valence electrons. The molecule has 9 nitrogen and oxygen atoms in total. The van der Waals surface area contributed by atoms with Crippen LogP contribution in [0.2, 0.25) is 0 Å². The Balaban J connectivity index is 2.40. The summed E-state index contributed by atoms with van der Waals surface area (Å²) in [6, 6.07) is 4.35. The fraction of sp³-hybridized carbons (Fsp3) is 0.167. The third-order valence-electron chi connectivity index (χ3n) is 2.54. The van der Waals surface area contributed by atoms with Crippen molar-refractivity contribution in [2.24, 2.45) is 5.10 Å². The maximum atomic E-state index is 11.5. The highest BCUT2D eigenvalue weighted by atomic mass is 32.1. The van der Waals surface area contributed by atoms with E-state index >= 15 is 0 Å². The molecule has 0 bridgehead atoms. The standard InChI is InChI=1S/C12H11N5O4S/c1-2-21-10-4-3-8(5-9(10)17(19)20)6-14-16-11(18)7-13-15-12(16)22/h3-7H,2H2,1H3,(H,15,22)/b14-6-. The van der Waals surface area contributed by atoms with Crippen LogP contribution in [0, 0.1) is 14.9 Å². The Labute approximate surface area is 129 Å². The minimum atomic E-state index is -0.548. The molecule has 0 radical (unpaired) electrons. The van der Waals surface area contributed by atoms with Crippen LogP contribution in [0.5, 0.6) is 5.75 Å². The fourth-order valence-corrected chi connectivity index (χ4v) is 1.80. The third kappa shape index (κ3) is 3.41. The summed E-state index contributed by atoms with van der Waals surface area (Å²) < 4.78 is 6.12. The van der Waals surface area contributed by atoms with Crippen LogP contribution in [0.3, 0.4) is 0 Å². The Kier molecular flexibility index (Phi) is 4.73. The number of aromatic amines is 1. The summed E-state index contributed by atoms with van der Waals surface area (Å²) in [5, 5.41) is 20.9. The minimum Gasteiger partial charge on any atom is -0.487 e. The molecule has 0 spiro atoms. The number of nitrogens with zero attached hydrogens (tertiary/aromatic N) is 4. The van der Waals surface area contributed by atoms with Crippen LogP contribution in [0.25, 0.3) is 0 Å². The van der Waals surface area contributed by atoms with Crippen molar-refractivity contribution in [3.05, 3.63) is 55.2 Å². The Morgan fingerprint density at radius 2 is 2.36 bits per heavy atom. The van der Waals surface area contributed by atoms with E-state index in [4.69, 9.17) is 17.0 Å². The molecule has 0 saturated heterocycles. The minimum absolute atomic E-state index is 0.0178. The average Bonchev–Trinajstić information content (AvgIpc) is 2.48. The molecule has 2 aromatic rings. The van der Waals surface area contributed by atoms with Gasteiger partial charge in [-0.3, -0.25) is 20.0 Å². The van der Waals surface area contributed by atoms with Crippen molar-refractivity contribution in [1.29, 1.82) is 0 Å². The second kappa shape index (κ2) is 6.72. The highest BCUT2D eigenvalue weighted by Crippen LogP contribution is 2.27. The summed E-state index contributed by atoms with van der Waals surface area (Å²) >= 11 is 4.88. The molecule has 1 aromatic heterocycles. The number of nitro benzene ring substituents is 1. The summed E-state index contributed by atoms with van der Waals surface area (Å²) in [6.45, 7) is 2.05. The predicted molar refractivity (Wildman–Crippen MR) is 80.9 cm³/mol. The first-order valence-electron chi connectivity index (χ1n) is 6.15. The van der Waals surface area contributed by atoms with Crippen molar-refractivity contribution < 1.29 is 9.66 Å². The summed E-state index contributed by atoms with van der Waals surface area (Å²) in [5.41, 5.74) is -0.272.